The van der Waals surface area contributed by atoms with Crippen molar-refractivity contribution in [2.45, 2.75) is 24.2 Å². The van der Waals surface area contributed by atoms with Gasteiger partial charge in [-0.15, -0.1) is 0 Å². The molecule has 106 valence electrons. The van der Waals surface area contributed by atoms with Crippen LogP contribution in [0, 0.1) is 0 Å². The molecule has 0 aromatic heterocycles. The quantitative estimate of drug-likeness (QED) is 0.798. The number of aryl methyl sites for hydroxylation is 1. The van der Waals surface area contributed by atoms with Gasteiger partial charge in [0.1, 0.15) is 0 Å². The summed E-state index contributed by atoms with van der Waals surface area (Å²) in [6.45, 7) is 0. The van der Waals surface area contributed by atoms with Crippen LogP contribution >= 0.6 is 0 Å². The molecule has 0 spiro atoms. The van der Waals surface area contributed by atoms with Gasteiger partial charge in [-0.2, -0.15) is 8.42 Å². The first kappa shape index (κ1) is 14.1. The molecule has 2 rings (SSSR count). The molecule has 0 bridgehead atoms. The van der Waals surface area contributed by atoms with Crippen molar-refractivity contribution in [2.75, 3.05) is 14.2 Å². The van der Waals surface area contributed by atoms with E-state index in [0.29, 0.717) is 23.5 Å². The van der Waals surface area contributed by atoms with E-state index in [1.165, 1.54) is 14.2 Å². The Morgan fingerprint density at radius 3 is 2.16 bits per heavy atom. The Balaban J connectivity index is 2.46. The van der Waals surface area contributed by atoms with Gasteiger partial charge in [0.2, 0.25) is 0 Å². The predicted molar refractivity (Wildman–Crippen MR) is 68.1 cm³/mol. The third-order valence-electron chi connectivity index (χ3n) is 3.44. The fourth-order valence-electron chi connectivity index (χ4n) is 2.30. The number of fused-ring (bicyclic) bond motifs is 1. The van der Waals surface area contributed by atoms with E-state index in [4.69, 9.17) is 14.0 Å². The molecule has 1 aromatic carbocycles. The number of rotatable bonds is 3. The molecule has 19 heavy (non-hydrogen) atoms. The van der Waals surface area contributed by atoms with Gasteiger partial charge in [-0.25, -0.2) is 0 Å². The second kappa shape index (κ2) is 4.66. The number of hydrogen-bond acceptors (Lipinski definition) is 5. The number of aliphatic hydroxyl groups is 1. The van der Waals surface area contributed by atoms with Crippen molar-refractivity contribution in [2.24, 2.45) is 0 Å². The first-order valence-corrected chi connectivity index (χ1v) is 7.18. The number of methoxy groups -OCH3 is 2. The Labute approximate surface area is 111 Å². The summed E-state index contributed by atoms with van der Waals surface area (Å²) in [5, 5.41) is 10.0. The molecule has 0 radical (unpaired) electrons. The average Bonchev–Trinajstić information content (AvgIpc) is 2.35. The molecule has 0 aliphatic heterocycles. The van der Waals surface area contributed by atoms with Crippen LogP contribution in [0.25, 0.3) is 0 Å². The molecule has 2 N–H and O–H groups in total. The van der Waals surface area contributed by atoms with Crippen molar-refractivity contribution in [1.82, 2.24) is 0 Å². The monoisotopic (exact) mass is 288 g/mol. The maximum atomic E-state index is 11.2. The van der Waals surface area contributed by atoms with Gasteiger partial charge in [-0.1, -0.05) is 0 Å². The molecule has 0 saturated heterocycles. The average molecular weight is 288 g/mol. The van der Waals surface area contributed by atoms with Crippen molar-refractivity contribution in [3.63, 3.8) is 0 Å². The zero-order valence-corrected chi connectivity index (χ0v) is 11.5. The summed E-state index contributed by atoms with van der Waals surface area (Å²) in [5.74, 6) is 1.01. The lowest BCUT2D eigenvalue weighted by Gasteiger charge is -2.31. The van der Waals surface area contributed by atoms with E-state index in [1.54, 1.807) is 12.1 Å². The van der Waals surface area contributed by atoms with E-state index in [1.807, 2.05) is 0 Å². The lowest BCUT2D eigenvalue weighted by Crippen LogP contribution is -2.43. The summed E-state index contributed by atoms with van der Waals surface area (Å²) in [4.78, 5) is -2.13. The second-order valence-electron chi connectivity index (χ2n) is 4.57. The highest BCUT2D eigenvalue weighted by Crippen LogP contribution is 2.38. The molecule has 7 heteroatoms. The number of hydrogen-bond donors (Lipinski definition) is 2. The van der Waals surface area contributed by atoms with E-state index in [2.05, 4.69) is 0 Å². The van der Waals surface area contributed by atoms with Crippen LogP contribution in [0.2, 0.25) is 0 Å². The predicted octanol–water partition coefficient (Wildman–Crippen LogP) is 0.769. The third kappa shape index (κ3) is 2.41. The molecule has 1 aromatic rings. The molecule has 1 aliphatic rings. The van der Waals surface area contributed by atoms with Gasteiger partial charge < -0.3 is 14.6 Å². The van der Waals surface area contributed by atoms with Crippen LogP contribution in [-0.2, 0) is 23.0 Å². The van der Waals surface area contributed by atoms with Gasteiger partial charge in [0.15, 0.2) is 16.4 Å². The van der Waals surface area contributed by atoms with Crippen LogP contribution in [0.15, 0.2) is 12.1 Å². The Bertz CT molecular complexity index is 594. The highest BCUT2D eigenvalue weighted by molar-refractivity contribution is 7.87. The Kier molecular flexibility index (Phi) is 3.46. The molecule has 6 nitrogen and oxygen atoms in total. The summed E-state index contributed by atoms with van der Waals surface area (Å²) in [5.41, 5.74) is 1.51. The third-order valence-corrected chi connectivity index (χ3v) is 4.75. The van der Waals surface area contributed by atoms with Crippen LogP contribution < -0.4 is 9.47 Å². The van der Waals surface area contributed by atoms with Crippen molar-refractivity contribution < 1.29 is 27.6 Å². The molecular weight excluding hydrogens is 272 g/mol. The minimum absolute atomic E-state index is 0.0473. The maximum absolute atomic E-state index is 11.2. The Morgan fingerprint density at radius 1 is 1.16 bits per heavy atom. The highest BCUT2D eigenvalue weighted by Gasteiger charge is 2.43. The number of ether oxygens (including phenoxy) is 2. The van der Waals surface area contributed by atoms with Crippen LogP contribution in [-0.4, -0.2) is 37.2 Å². The number of benzene rings is 1. The van der Waals surface area contributed by atoms with Gasteiger partial charge in [-0.3, -0.25) is 4.55 Å². The maximum Gasteiger partial charge on any atom is 0.295 e. The smallest absolute Gasteiger partial charge is 0.295 e. The molecule has 0 heterocycles. The minimum atomic E-state index is -4.52. The highest BCUT2D eigenvalue weighted by atomic mass is 32.2. The van der Waals surface area contributed by atoms with E-state index in [0.717, 1.165) is 5.56 Å². The van der Waals surface area contributed by atoms with Gasteiger partial charge in [0, 0.05) is 6.42 Å². The van der Waals surface area contributed by atoms with E-state index in [-0.39, 0.29) is 12.8 Å². The van der Waals surface area contributed by atoms with Crippen molar-refractivity contribution in [1.29, 1.82) is 0 Å². The van der Waals surface area contributed by atoms with Crippen LogP contribution in [0.5, 0.6) is 11.5 Å². The second-order valence-corrected chi connectivity index (χ2v) is 6.28. The van der Waals surface area contributed by atoms with E-state index < -0.39 is 15.1 Å². The van der Waals surface area contributed by atoms with Crippen molar-refractivity contribution in [3.05, 3.63) is 23.3 Å². The lowest BCUT2D eigenvalue weighted by molar-refractivity contribution is 0.0980. The summed E-state index contributed by atoms with van der Waals surface area (Å²) >= 11 is 0. The molecular formula is C12H16O6S. The van der Waals surface area contributed by atoms with Crippen molar-refractivity contribution in [3.8, 4) is 11.5 Å². The standard InChI is InChI=1S/C12H16O6S/c1-17-10-5-8-3-4-12(13,19(14,15)16)7-9(8)6-11(10)18-2/h5-6,13H,3-4,7H2,1-2H3,(H,14,15,16). The van der Waals surface area contributed by atoms with Crippen LogP contribution in [0.3, 0.4) is 0 Å². The topological polar surface area (TPSA) is 93.1 Å². The summed E-state index contributed by atoms with van der Waals surface area (Å²) in [6.07, 6.45) is 0.127. The molecule has 1 aliphatic carbocycles. The fraction of sp³-hybridized carbons (Fsp3) is 0.500. The first-order chi connectivity index (χ1) is 8.80. The molecule has 0 amide bonds. The van der Waals surface area contributed by atoms with Gasteiger partial charge in [-0.05, 0) is 36.1 Å². The van der Waals surface area contributed by atoms with Gasteiger partial charge >= 0.3 is 0 Å². The summed E-state index contributed by atoms with van der Waals surface area (Å²) < 4.78 is 41.9. The van der Waals surface area contributed by atoms with Gasteiger partial charge in [0.05, 0.1) is 14.2 Å². The normalized spacial score (nSPS) is 22.7. The zero-order valence-electron chi connectivity index (χ0n) is 10.7. The lowest BCUT2D eigenvalue weighted by atomic mass is 9.89. The Hall–Kier alpha value is -1.31. The zero-order chi connectivity index (χ0) is 14.3. The fourth-order valence-corrected chi connectivity index (χ4v) is 2.99. The summed E-state index contributed by atoms with van der Waals surface area (Å²) in [7, 11) is -1.53. The van der Waals surface area contributed by atoms with Gasteiger partial charge in [0.25, 0.3) is 10.1 Å². The molecule has 1 atom stereocenters. The van der Waals surface area contributed by atoms with Crippen LogP contribution in [0.4, 0.5) is 0 Å². The first-order valence-electron chi connectivity index (χ1n) is 5.74. The minimum Gasteiger partial charge on any atom is -0.493 e. The Morgan fingerprint density at radius 2 is 1.68 bits per heavy atom. The van der Waals surface area contributed by atoms with Crippen LogP contribution in [0.1, 0.15) is 17.5 Å². The van der Waals surface area contributed by atoms with Crippen molar-refractivity contribution >= 4 is 10.1 Å². The van der Waals surface area contributed by atoms with E-state index >= 15 is 0 Å². The molecule has 0 saturated carbocycles. The largest absolute Gasteiger partial charge is 0.493 e. The molecule has 1 unspecified atom stereocenters. The summed E-state index contributed by atoms with van der Waals surface area (Å²) in [6, 6.07) is 3.39. The SMILES string of the molecule is COc1cc2c(cc1OC)CC(O)(S(=O)(=O)O)CC2. The van der Waals surface area contributed by atoms with E-state index in [9.17, 15) is 13.5 Å². The molecule has 0 fully saturated rings.